The first-order valence-electron chi connectivity index (χ1n) is 9.64. The predicted octanol–water partition coefficient (Wildman–Crippen LogP) is 2.51. The number of aliphatic hydroxyl groups excluding tert-OH is 1. The first-order chi connectivity index (χ1) is 12.9. The molecule has 27 heavy (non-hydrogen) atoms. The van der Waals surface area contributed by atoms with Crippen LogP contribution in [0.5, 0.6) is 5.75 Å². The van der Waals surface area contributed by atoms with E-state index in [1.54, 1.807) is 7.11 Å². The van der Waals surface area contributed by atoms with Crippen molar-refractivity contribution in [2.24, 2.45) is 0 Å². The van der Waals surface area contributed by atoms with E-state index in [1.807, 2.05) is 19.0 Å². The van der Waals surface area contributed by atoms with Gasteiger partial charge in [0.2, 0.25) is 0 Å². The molecular formula is C21H32N4O2. The van der Waals surface area contributed by atoms with Crippen molar-refractivity contribution < 1.29 is 9.84 Å². The van der Waals surface area contributed by atoms with Crippen LogP contribution in [0, 0.1) is 13.8 Å². The summed E-state index contributed by atoms with van der Waals surface area (Å²) < 4.78 is 7.51. The molecule has 1 aromatic carbocycles. The van der Waals surface area contributed by atoms with Crippen molar-refractivity contribution in [2.75, 3.05) is 34.3 Å². The van der Waals surface area contributed by atoms with Crippen LogP contribution in [0.1, 0.15) is 40.6 Å². The van der Waals surface area contributed by atoms with Gasteiger partial charge in [0.25, 0.3) is 0 Å². The van der Waals surface area contributed by atoms with Gasteiger partial charge in [0.15, 0.2) is 0 Å². The van der Waals surface area contributed by atoms with Gasteiger partial charge in [0.05, 0.1) is 18.5 Å². The molecule has 1 aromatic heterocycles. The predicted molar refractivity (Wildman–Crippen MR) is 107 cm³/mol. The number of rotatable bonds is 6. The maximum atomic E-state index is 10.4. The van der Waals surface area contributed by atoms with Crippen LogP contribution in [-0.2, 0) is 19.6 Å². The number of hydrogen-bond acceptors (Lipinski definition) is 5. The average Bonchev–Trinajstić information content (AvgIpc) is 2.92. The molecule has 0 saturated heterocycles. The van der Waals surface area contributed by atoms with Gasteiger partial charge in [0.1, 0.15) is 11.9 Å². The summed E-state index contributed by atoms with van der Waals surface area (Å²) in [6.07, 6.45) is 0.519. The van der Waals surface area contributed by atoms with Crippen molar-refractivity contribution in [3.05, 3.63) is 46.3 Å². The number of fused-ring (bicyclic) bond motifs is 1. The molecule has 0 unspecified atom stereocenters. The Kier molecular flexibility index (Phi) is 6.19. The van der Waals surface area contributed by atoms with Crippen molar-refractivity contribution >= 4 is 0 Å². The Balaban J connectivity index is 1.75. The van der Waals surface area contributed by atoms with E-state index in [0.29, 0.717) is 6.54 Å². The molecule has 0 spiro atoms. The molecule has 0 aliphatic carbocycles. The van der Waals surface area contributed by atoms with Gasteiger partial charge in [-0.3, -0.25) is 9.58 Å². The van der Waals surface area contributed by atoms with Crippen LogP contribution in [0.25, 0.3) is 0 Å². The summed E-state index contributed by atoms with van der Waals surface area (Å²) in [4.78, 5) is 4.45. The number of aliphatic hydroxyl groups is 1. The Morgan fingerprint density at radius 3 is 2.70 bits per heavy atom. The molecular weight excluding hydrogens is 340 g/mol. The second-order valence-corrected chi connectivity index (χ2v) is 7.80. The molecule has 0 fully saturated rings. The zero-order valence-electron chi connectivity index (χ0n) is 17.2. The second kappa shape index (κ2) is 8.42. The quantitative estimate of drug-likeness (QED) is 0.844. The Bertz CT molecular complexity index is 785. The van der Waals surface area contributed by atoms with Gasteiger partial charge in [-0.2, -0.15) is 5.10 Å². The number of aromatic nitrogens is 2. The summed E-state index contributed by atoms with van der Waals surface area (Å²) in [5.41, 5.74) is 5.81. The van der Waals surface area contributed by atoms with E-state index >= 15 is 0 Å². The van der Waals surface area contributed by atoms with E-state index in [9.17, 15) is 5.11 Å². The molecule has 0 bridgehead atoms. The smallest absolute Gasteiger partial charge is 0.122 e. The highest BCUT2D eigenvalue weighted by Crippen LogP contribution is 2.26. The lowest BCUT2D eigenvalue weighted by Crippen LogP contribution is -2.23. The second-order valence-electron chi connectivity index (χ2n) is 7.80. The molecule has 1 atom stereocenters. The van der Waals surface area contributed by atoms with Crippen molar-refractivity contribution in [2.45, 2.75) is 46.0 Å². The molecule has 2 aromatic rings. The number of ether oxygens (including phenoxy) is 1. The number of aryl methyl sites for hydroxylation is 1. The Hall–Kier alpha value is -1.89. The Morgan fingerprint density at radius 1 is 1.22 bits per heavy atom. The van der Waals surface area contributed by atoms with E-state index in [-0.39, 0.29) is 0 Å². The standard InChI is InChI=1S/C21H32N4O2/c1-15-16(2)21(27-5)8-7-17(15)12-24-9-6-10-25-18(13-24)11-19(22-25)20(26)14-23(3)4/h7-8,11,20,26H,6,9-10,12-14H2,1-5H3/t20-/m0/s1. The Labute approximate surface area is 162 Å². The van der Waals surface area contributed by atoms with Crippen molar-refractivity contribution in [1.82, 2.24) is 19.6 Å². The third kappa shape index (κ3) is 4.51. The van der Waals surface area contributed by atoms with E-state index in [1.165, 1.54) is 22.4 Å². The lowest BCUT2D eigenvalue weighted by atomic mass is 10.0. The highest BCUT2D eigenvalue weighted by molar-refractivity contribution is 5.43. The molecule has 0 saturated carbocycles. The SMILES string of the molecule is COc1ccc(CN2CCCn3nc([C@@H](O)CN(C)C)cc3C2)c(C)c1C. The average molecular weight is 373 g/mol. The van der Waals surface area contributed by atoms with Gasteiger partial charge in [0, 0.05) is 32.7 Å². The van der Waals surface area contributed by atoms with Crippen LogP contribution < -0.4 is 4.74 Å². The summed E-state index contributed by atoms with van der Waals surface area (Å²) in [5, 5.41) is 15.0. The van der Waals surface area contributed by atoms with Crippen LogP contribution in [0.2, 0.25) is 0 Å². The van der Waals surface area contributed by atoms with Crippen LogP contribution in [0.3, 0.4) is 0 Å². The summed E-state index contributed by atoms with van der Waals surface area (Å²) in [6.45, 7) is 8.59. The maximum absolute atomic E-state index is 10.4. The van der Waals surface area contributed by atoms with Crippen LogP contribution in [0.4, 0.5) is 0 Å². The van der Waals surface area contributed by atoms with Crippen molar-refractivity contribution in [3.8, 4) is 5.75 Å². The zero-order valence-corrected chi connectivity index (χ0v) is 17.2. The van der Waals surface area contributed by atoms with Gasteiger partial charge in [-0.05, 0) is 63.2 Å². The molecule has 0 amide bonds. The molecule has 0 radical (unpaired) electrons. The van der Waals surface area contributed by atoms with Crippen molar-refractivity contribution in [3.63, 3.8) is 0 Å². The topological polar surface area (TPSA) is 53.8 Å². The highest BCUT2D eigenvalue weighted by atomic mass is 16.5. The van der Waals surface area contributed by atoms with Gasteiger partial charge < -0.3 is 14.7 Å². The third-order valence-corrected chi connectivity index (χ3v) is 5.46. The first kappa shape index (κ1) is 19.9. The zero-order chi connectivity index (χ0) is 19.6. The van der Waals surface area contributed by atoms with Crippen LogP contribution >= 0.6 is 0 Å². The summed E-state index contributed by atoms with van der Waals surface area (Å²) in [7, 11) is 5.65. The van der Waals surface area contributed by atoms with Crippen LogP contribution in [0.15, 0.2) is 18.2 Å². The minimum Gasteiger partial charge on any atom is -0.496 e. The number of nitrogens with zero attached hydrogens (tertiary/aromatic N) is 4. The minimum atomic E-state index is -0.542. The summed E-state index contributed by atoms with van der Waals surface area (Å²) in [5.74, 6) is 0.949. The van der Waals surface area contributed by atoms with Crippen molar-refractivity contribution in [1.29, 1.82) is 0 Å². The lowest BCUT2D eigenvalue weighted by molar-refractivity contribution is 0.133. The fourth-order valence-electron chi connectivity index (χ4n) is 3.77. The molecule has 1 aliphatic rings. The van der Waals surface area contributed by atoms with E-state index in [2.05, 4.69) is 46.7 Å². The summed E-state index contributed by atoms with van der Waals surface area (Å²) >= 11 is 0. The molecule has 2 heterocycles. The van der Waals surface area contributed by atoms with Gasteiger partial charge >= 0.3 is 0 Å². The molecule has 1 N–H and O–H groups in total. The molecule has 1 aliphatic heterocycles. The minimum absolute atomic E-state index is 0.542. The largest absolute Gasteiger partial charge is 0.496 e. The summed E-state index contributed by atoms with van der Waals surface area (Å²) in [6, 6.07) is 6.31. The molecule has 6 nitrogen and oxygen atoms in total. The highest BCUT2D eigenvalue weighted by Gasteiger charge is 2.21. The van der Waals surface area contributed by atoms with E-state index in [4.69, 9.17) is 4.74 Å². The van der Waals surface area contributed by atoms with Gasteiger partial charge in [-0.25, -0.2) is 0 Å². The van der Waals surface area contributed by atoms with Gasteiger partial charge in [-0.1, -0.05) is 6.07 Å². The number of benzene rings is 1. The fourth-order valence-corrected chi connectivity index (χ4v) is 3.77. The number of hydrogen-bond donors (Lipinski definition) is 1. The lowest BCUT2D eigenvalue weighted by Gasteiger charge is -2.22. The van der Waals surface area contributed by atoms with Crippen LogP contribution in [-0.4, -0.2) is 59.0 Å². The number of methoxy groups -OCH3 is 1. The molecule has 6 heteroatoms. The molecule has 148 valence electrons. The number of likely N-dealkylation sites (N-methyl/N-ethyl adjacent to an activating group) is 1. The van der Waals surface area contributed by atoms with E-state index < -0.39 is 6.10 Å². The fraction of sp³-hybridized carbons (Fsp3) is 0.571. The third-order valence-electron chi connectivity index (χ3n) is 5.46. The first-order valence-corrected chi connectivity index (χ1v) is 9.64. The molecule has 3 rings (SSSR count). The maximum Gasteiger partial charge on any atom is 0.122 e. The normalized spacial score (nSPS) is 16.3. The van der Waals surface area contributed by atoms with E-state index in [0.717, 1.165) is 44.0 Å². The Morgan fingerprint density at radius 2 is 2.00 bits per heavy atom. The monoisotopic (exact) mass is 372 g/mol. The van der Waals surface area contributed by atoms with Gasteiger partial charge in [-0.15, -0.1) is 0 Å².